The zero-order valence-corrected chi connectivity index (χ0v) is 15.0. The number of hydrogen-bond acceptors (Lipinski definition) is 6. The maximum atomic E-state index is 12.2. The first-order valence-electron chi connectivity index (χ1n) is 8.06. The van der Waals surface area contributed by atoms with Gasteiger partial charge in [-0.25, -0.2) is 10.2 Å². The van der Waals surface area contributed by atoms with Crippen LogP contribution in [0.25, 0.3) is 11.2 Å². The van der Waals surface area contributed by atoms with Crippen molar-refractivity contribution >= 4 is 23.3 Å². The lowest BCUT2D eigenvalue weighted by Crippen LogP contribution is -2.29. The third kappa shape index (κ3) is 3.10. The summed E-state index contributed by atoms with van der Waals surface area (Å²) in [6.45, 7) is 3.84. The monoisotopic (exact) mass is 356 g/mol. The standard InChI is InChI=1S/C17H20N6O3/c1-10(2)23-13-14(22(3)17(25)20-15(13)24)19-16(23)21-18-9-11-5-7-12(26-4)8-6-11/h5-10H,1-4H3,(H,19,21)(H,20,24,25)/b18-9+. The number of aromatic nitrogens is 4. The summed E-state index contributed by atoms with van der Waals surface area (Å²) < 4.78 is 8.12. The Morgan fingerprint density at radius 3 is 2.58 bits per heavy atom. The van der Waals surface area contributed by atoms with Gasteiger partial charge in [0.25, 0.3) is 5.56 Å². The summed E-state index contributed by atoms with van der Waals surface area (Å²) in [7, 11) is 3.17. The predicted octanol–water partition coefficient (Wildman–Crippen LogP) is 1.46. The van der Waals surface area contributed by atoms with Gasteiger partial charge in [0.2, 0.25) is 5.95 Å². The molecule has 26 heavy (non-hydrogen) atoms. The molecule has 9 nitrogen and oxygen atoms in total. The summed E-state index contributed by atoms with van der Waals surface area (Å²) in [5, 5.41) is 4.19. The van der Waals surface area contributed by atoms with Crippen LogP contribution in [0.15, 0.2) is 39.0 Å². The summed E-state index contributed by atoms with van der Waals surface area (Å²) in [5.74, 6) is 1.14. The van der Waals surface area contributed by atoms with Gasteiger partial charge in [0, 0.05) is 13.1 Å². The van der Waals surface area contributed by atoms with E-state index >= 15 is 0 Å². The van der Waals surface area contributed by atoms with Crippen molar-refractivity contribution in [2.24, 2.45) is 12.1 Å². The SMILES string of the molecule is COc1ccc(/C=N/Nc2nc3c(c(=O)[nH]c(=O)n3C)n2C(C)C)cc1. The first-order valence-corrected chi connectivity index (χ1v) is 8.06. The highest BCUT2D eigenvalue weighted by molar-refractivity contribution is 5.80. The fourth-order valence-electron chi connectivity index (χ4n) is 2.64. The number of ether oxygens (including phenoxy) is 1. The van der Waals surface area contributed by atoms with Crippen LogP contribution in [-0.4, -0.2) is 32.4 Å². The smallest absolute Gasteiger partial charge is 0.329 e. The molecule has 0 saturated carbocycles. The number of H-pyrrole nitrogens is 1. The highest BCUT2D eigenvalue weighted by atomic mass is 16.5. The number of imidazole rings is 1. The first-order chi connectivity index (χ1) is 12.4. The van der Waals surface area contributed by atoms with Crippen LogP contribution in [-0.2, 0) is 7.05 Å². The molecular weight excluding hydrogens is 336 g/mol. The number of hydrazone groups is 1. The van der Waals surface area contributed by atoms with Crippen LogP contribution in [0.2, 0.25) is 0 Å². The fraction of sp³-hybridized carbons (Fsp3) is 0.294. The summed E-state index contributed by atoms with van der Waals surface area (Å²) in [6, 6.07) is 7.34. The molecule has 2 aromatic heterocycles. The van der Waals surface area contributed by atoms with E-state index in [1.807, 2.05) is 38.1 Å². The molecule has 0 spiro atoms. The molecule has 2 heterocycles. The van der Waals surface area contributed by atoms with E-state index in [4.69, 9.17) is 4.74 Å². The quantitative estimate of drug-likeness (QED) is 0.532. The Kier molecular flexibility index (Phi) is 4.61. The van der Waals surface area contributed by atoms with Gasteiger partial charge in [-0.1, -0.05) is 0 Å². The second-order valence-corrected chi connectivity index (χ2v) is 6.03. The third-order valence-corrected chi connectivity index (χ3v) is 3.96. The molecular formula is C17H20N6O3. The molecule has 9 heteroatoms. The van der Waals surface area contributed by atoms with Crippen LogP contribution < -0.4 is 21.4 Å². The molecule has 0 atom stereocenters. The van der Waals surface area contributed by atoms with Gasteiger partial charge in [0.1, 0.15) is 5.75 Å². The number of nitrogens with one attached hydrogen (secondary N) is 2. The van der Waals surface area contributed by atoms with Crippen LogP contribution in [0, 0.1) is 0 Å². The minimum atomic E-state index is -0.510. The molecule has 2 N–H and O–H groups in total. The van der Waals surface area contributed by atoms with Gasteiger partial charge in [-0.2, -0.15) is 10.1 Å². The van der Waals surface area contributed by atoms with Crippen molar-refractivity contribution in [3.05, 3.63) is 50.7 Å². The van der Waals surface area contributed by atoms with Crippen LogP contribution in [0.1, 0.15) is 25.5 Å². The second kappa shape index (κ2) is 6.87. The van der Waals surface area contributed by atoms with Crippen molar-refractivity contribution in [2.75, 3.05) is 12.5 Å². The molecule has 3 rings (SSSR count). The number of aryl methyl sites for hydroxylation is 1. The molecule has 0 radical (unpaired) electrons. The van der Waals surface area contributed by atoms with Gasteiger partial charge >= 0.3 is 5.69 Å². The van der Waals surface area contributed by atoms with Crippen molar-refractivity contribution < 1.29 is 4.74 Å². The Bertz CT molecular complexity index is 1070. The Balaban J connectivity index is 1.99. The number of aromatic amines is 1. The van der Waals surface area contributed by atoms with Crippen LogP contribution >= 0.6 is 0 Å². The Morgan fingerprint density at radius 2 is 1.96 bits per heavy atom. The zero-order chi connectivity index (χ0) is 18.8. The molecule has 3 aromatic rings. The number of fused-ring (bicyclic) bond motifs is 1. The number of rotatable bonds is 5. The molecule has 0 saturated heterocycles. The lowest BCUT2D eigenvalue weighted by atomic mass is 10.2. The molecule has 0 aliphatic heterocycles. The molecule has 0 amide bonds. The highest BCUT2D eigenvalue weighted by Crippen LogP contribution is 2.20. The number of hydrogen-bond donors (Lipinski definition) is 2. The van der Waals surface area contributed by atoms with E-state index in [0.717, 1.165) is 11.3 Å². The lowest BCUT2D eigenvalue weighted by Gasteiger charge is -2.11. The lowest BCUT2D eigenvalue weighted by molar-refractivity contribution is 0.415. The predicted molar refractivity (Wildman–Crippen MR) is 100 cm³/mol. The molecule has 0 aliphatic rings. The number of anilines is 1. The van der Waals surface area contributed by atoms with E-state index in [-0.39, 0.29) is 6.04 Å². The third-order valence-electron chi connectivity index (χ3n) is 3.96. The minimum Gasteiger partial charge on any atom is -0.497 e. The summed E-state index contributed by atoms with van der Waals surface area (Å²) >= 11 is 0. The van der Waals surface area contributed by atoms with E-state index in [1.165, 1.54) is 4.57 Å². The van der Waals surface area contributed by atoms with Crippen molar-refractivity contribution in [3.63, 3.8) is 0 Å². The molecule has 0 unspecified atom stereocenters. The Hall–Kier alpha value is -3.36. The van der Waals surface area contributed by atoms with Crippen molar-refractivity contribution in [2.45, 2.75) is 19.9 Å². The molecule has 136 valence electrons. The topological polar surface area (TPSA) is 106 Å². The van der Waals surface area contributed by atoms with Gasteiger partial charge < -0.3 is 9.30 Å². The van der Waals surface area contributed by atoms with Crippen molar-refractivity contribution in [3.8, 4) is 5.75 Å². The normalized spacial score (nSPS) is 11.6. The average molecular weight is 356 g/mol. The van der Waals surface area contributed by atoms with E-state index < -0.39 is 11.2 Å². The van der Waals surface area contributed by atoms with Crippen molar-refractivity contribution in [1.82, 2.24) is 19.1 Å². The van der Waals surface area contributed by atoms with Crippen LogP contribution in [0.4, 0.5) is 5.95 Å². The van der Waals surface area contributed by atoms with E-state index in [9.17, 15) is 9.59 Å². The molecule has 0 aliphatic carbocycles. The fourth-order valence-corrected chi connectivity index (χ4v) is 2.64. The largest absolute Gasteiger partial charge is 0.497 e. The Morgan fingerprint density at radius 1 is 1.27 bits per heavy atom. The highest BCUT2D eigenvalue weighted by Gasteiger charge is 2.18. The first kappa shape index (κ1) is 17.5. The summed E-state index contributed by atoms with van der Waals surface area (Å²) in [4.78, 5) is 30.7. The number of methoxy groups -OCH3 is 1. The van der Waals surface area contributed by atoms with Gasteiger partial charge in [0.15, 0.2) is 11.2 Å². The minimum absolute atomic E-state index is 0.0581. The van der Waals surface area contributed by atoms with Gasteiger partial charge in [0.05, 0.1) is 13.3 Å². The maximum Gasteiger partial charge on any atom is 0.329 e. The molecule has 0 bridgehead atoms. The van der Waals surface area contributed by atoms with Gasteiger partial charge in [-0.15, -0.1) is 0 Å². The Labute approximate surface area is 148 Å². The summed E-state index contributed by atoms with van der Waals surface area (Å²) in [6.07, 6.45) is 1.63. The van der Waals surface area contributed by atoms with Crippen LogP contribution in [0.5, 0.6) is 5.75 Å². The van der Waals surface area contributed by atoms with Gasteiger partial charge in [-0.3, -0.25) is 14.3 Å². The van der Waals surface area contributed by atoms with Crippen molar-refractivity contribution in [1.29, 1.82) is 0 Å². The second-order valence-electron chi connectivity index (χ2n) is 6.03. The van der Waals surface area contributed by atoms with Gasteiger partial charge in [-0.05, 0) is 43.7 Å². The van der Waals surface area contributed by atoms with Crippen LogP contribution in [0.3, 0.4) is 0 Å². The molecule has 1 aromatic carbocycles. The maximum absolute atomic E-state index is 12.2. The van der Waals surface area contributed by atoms with E-state index in [0.29, 0.717) is 17.1 Å². The average Bonchev–Trinajstić information content (AvgIpc) is 3.01. The zero-order valence-electron chi connectivity index (χ0n) is 15.0. The summed E-state index contributed by atoms with van der Waals surface area (Å²) in [5.41, 5.74) is 3.37. The molecule has 0 fully saturated rings. The van der Waals surface area contributed by atoms with E-state index in [2.05, 4.69) is 20.5 Å². The van der Waals surface area contributed by atoms with E-state index in [1.54, 1.807) is 24.9 Å². The number of benzene rings is 1. The number of nitrogens with zero attached hydrogens (tertiary/aromatic N) is 4.